The van der Waals surface area contributed by atoms with Crippen LogP contribution in [0.1, 0.15) is 38.2 Å². The van der Waals surface area contributed by atoms with Crippen LogP contribution in [0, 0.1) is 5.82 Å². The second-order valence-electron chi connectivity index (χ2n) is 4.36. The summed E-state index contributed by atoms with van der Waals surface area (Å²) in [5.41, 5.74) is 6.87. The second-order valence-corrected chi connectivity index (χ2v) is 4.36. The van der Waals surface area contributed by atoms with Gasteiger partial charge in [-0.2, -0.15) is 0 Å². The van der Waals surface area contributed by atoms with Gasteiger partial charge in [-0.1, -0.05) is 19.9 Å². The lowest BCUT2D eigenvalue weighted by Crippen LogP contribution is -2.29. The molecule has 1 aliphatic rings. The van der Waals surface area contributed by atoms with Gasteiger partial charge in [-0.05, 0) is 56.6 Å². The molecule has 2 nitrogen and oxygen atoms in total. The molecule has 0 bridgehead atoms. The van der Waals surface area contributed by atoms with Gasteiger partial charge in [0.25, 0.3) is 0 Å². The Labute approximate surface area is 104 Å². The van der Waals surface area contributed by atoms with Crippen LogP contribution in [0.5, 0.6) is 0 Å². The van der Waals surface area contributed by atoms with Crippen LogP contribution < -0.4 is 5.73 Å². The lowest BCUT2D eigenvalue weighted by atomic mass is 9.89. The molecule has 1 aliphatic heterocycles. The number of nitrogens with two attached hydrogens (primary N) is 1. The predicted molar refractivity (Wildman–Crippen MR) is 71.6 cm³/mol. The fourth-order valence-electron chi connectivity index (χ4n) is 2.19. The predicted octanol–water partition coefficient (Wildman–Crippen LogP) is 3.24. The van der Waals surface area contributed by atoms with E-state index in [1.165, 1.54) is 6.07 Å². The molecule has 0 radical (unpaired) electrons. The number of benzene rings is 1. The fraction of sp³-hybridized carbons (Fsp3) is 0.571. The Bertz CT molecular complexity index is 344. The first kappa shape index (κ1) is 14.0. The van der Waals surface area contributed by atoms with Crippen molar-refractivity contribution in [3.63, 3.8) is 0 Å². The molecule has 2 rings (SSSR count). The van der Waals surface area contributed by atoms with Crippen molar-refractivity contribution in [2.75, 3.05) is 25.9 Å². The van der Waals surface area contributed by atoms with Gasteiger partial charge in [0.15, 0.2) is 0 Å². The number of rotatable bonds is 1. The monoisotopic (exact) mass is 238 g/mol. The molecule has 0 spiro atoms. The summed E-state index contributed by atoms with van der Waals surface area (Å²) in [5, 5.41) is 0. The summed E-state index contributed by atoms with van der Waals surface area (Å²) in [5.74, 6) is 0.214. The van der Waals surface area contributed by atoms with E-state index in [1.807, 2.05) is 19.9 Å². The van der Waals surface area contributed by atoms with Gasteiger partial charge in [-0.25, -0.2) is 4.39 Å². The molecule has 1 aromatic carbocycles. The zero-order valence-corrected chi connectivity index (χ0v) is 11.0. The molecule has 0 aromatic heterocycles. The number of piperidine rings is 1. The van der Waals surface area contributed by atoms with Crippen molar-refractivity contribution in [3.05, 3.63) is 29.6 Å². The molecular formula is C14H23FN2. The van der Waals surface area contributed by atoms with Crippen molar-refractivity contribution in [2.45, 2.75) is 32.6 Å². The van der Waals surface area contributed by atoms with Gasteiger partial charge in [0.05, 0.1) is 0 Å². The number of halogens is 1. The van der Waals surface area contributed by atoms with Crippen LogP contribution in [0.2, 0.25) is 0 Å². The van der Waals surface area contributed by atoms with E-state index in [0.717, 1.165) is 31.5 Å². The van der Waals surface area contributed by atoms with Crippen LogP contribution >= 0.6 is 0 Å². The van der Waals surface area contributed by atoms with E-state index < -0.39 is 0 Å². The Balaban J connectivity index is 0.000000686. The molecule has 0 amide bonds. The van der Waals surface area contributed by atoms with E-state index in [0.29, 0.717) is 11.6 Å². The molecule has 0 saturated carbocycles. The summed E-state index contributed by atoms with van der Waals surface area (Å²) in [7, 11) is 2.11. The number of hydrogen-bond acceptors (Lipinski definition) is 2. The van der Waals surface area contributed by atoms with E-state index >= 15 is 0 Å². The number of anilines is 1. The maximum atomic E-state index is 13.6. The van der Waals surface area contributed by atoms with Crippen molar-refractivity contribution < 1.29 is 4.39 Å². The minimum atomic E-state index is -0.149. The summed E-state index contributed by atoms with van der Waals surface area (Å²) in [6.07, 6.45) is 2.08. The highest BCUT2D eigenvalue weighted by Gasteiger charge is 2.20. The van der Waals surface area contributed by atoms with Crippen LogP contribution in [0.4, 0.5) is 10.1 Å². The van der Waals surface area contributed by atoms with E-state index in [4.69, 9.17) is 5.73 Å². The average Bonchev–Trinajstić information content (AvgIpc) is 2.33. The number of hydrogen-bond donors (Lipinski definition) is 1. The Hall–Kier alpha value is -1.09. The van der Waals surface area contributed by atoms with Gasteiger partial charge < -0.3 is 10.6 Å². The summed E-state index contributed by atoms with van der Waals surface area (Å²) < 4.78 is 13.6. The van der Waals surface area contributed by atoms with Crippen molar-refractivity contribution in [1.29, 1.82) is 0 Å². The average molecular weight is 238 g/mol. The Morgan fingerprint density at radius 3 is 2.35 bits per heavy atom. The molecule has 0 unspecified atom stereocenters. The topological polar surface area (TPSA) is 29.3 Å². The lowest BCUT2D eigenvalue weighted by molar-refractivity contribution is 0.253. The molecule has 96 valence electrons. The first-order valence-electron chi connectivity index (χ1n) is 6.40. The smallest absolute Gasteiger partial charge is 0.128 e. The summed E-state index contributed by atoms with van der Waals surface area (Å²) >= 11 is 0. The minimum absolute atomic E-state index is 0.149. The van der Waals surface area contributed by atoms with Gasteiger partial charge >= 0.3 is 0 Å². The number of nitrogens with zero attached hydrogens (tertiary/aromatic N) is 1. The number of nitrogen functional groups attached to an aromatic ring is 1. The Kier molecular flexibility index (Phi) is 5.42. The summed E-state index contributed by atoms with van der Waals surface area (Å²) in [6.45, 7) is 6.10. The third-order valence-corrected chi connectivity index (χ3v) is 3.18. The van der Waals surface area contributed by atoms with Crippen molar-refractivity contribution in [2.24, 2.45) is 0 Å². The van der Waals surface area contributed by atoms with Gasteiger partial charge in [-0.15, -0.1) is 0 Å². The zero-order chi connectivity index (χ0) is 12.8. The van der Waals surface area contributed by atoms with Crippen molar-refractivity contribution in [1.82, 2.24) is 4.90 Å². The summed E-state index contributed by atoms with van der Waals surface area (Å²) in [4.78, 5) is 2.28. The maximum Gasteiger partial charge on any atom is 0.128 e. The van der Waals surface area contributed by atoms with Crippen molar-refractivity contribution >= 4 is 5.69 Å². The molecule has 3 heteroatoms. The zero-order valence-electron chi connectivity index (χ0n) is 11.0. The molecule has 1 aromatic rings. The SMILES string of the molecule is CC.CN1CCC(c2ccc(N)cc2F)CC1. The highest BCUT2D eigenvalue weighted by atomic mass is 19.1. The molecule has 0 atom stereocenters. The Morgan fingerprint density at radius 2 is 1.82 bits per heavy atom. The molecule has 17 heavy (non-hydrogen) atoms. The van der Waals surface area contributed by atoms with Crippen LogP contribution in [-0.4, -0.2) is 25.0 Å². The third kappa shape index (κ3) is 3.70. The van der Waals surface area contributed by atoms with Gasteiger partial charge in [0, 0.05) is 5.69 Å². The van der Waals surface area contributed by atoms with Crippen LogP contribution in [0.15, 0.2) is 18.2 Å². The van der Waals surface area contributed by atoms with Gasteiger partial charge in [0.2, 0.25) is 0 Å². The Morgan fingerprint density at radius 1 is 1.24 bits per heavy atom. The standard InChI is InChI=1S/C12H17FN2.C2H6/c1-15-6-4-9(5-7-15)11-3-2-10(14)8-12(11)13;1-2/h2-3,8-9H,4-7,14H2,1H3;1-2H3. The first-order chi connectivity index (χ1) is 8.16. The van der Waals surface area contributed by atoms with Gasteiger partial charge in [-0.3, -0.25) is 0 Å². The number of likely N-dealkylation sites (tertiary alicyclic amines) is 1. The normalized spacial score (nSPS) is 17.4. The van der Waals surface area contributed by atoms with E-state index in [9.17, 15) is 4.39 Å². The maximum absolute atomic E-state index is 13.6. The van der Waals surface area contributed by atoms with E-state index in [2.05, 4.69) is 11.9 Å². The van der Waals surface area contributed by atoms with Crippen molar-refractivity contribution in [3.8, 4) is 0 Å². The molecular weight excluding hydrogens is 215 g/mol. The third-order valence-electron chi connectivity index (χ3n) is 3.18. The van der Waals surface area contributed by atoms with Crippen LogP contribution in [0.25, 0.3) is 0 Å². The molecule has 1 saturated heterocycles. The minimum Gasteiger partial charge on any atom is -0.399 e. The van der Waals surface area contributed by atoms with Crippen LogP contribution in [-0.2, 0) is 0 Å². The summed E-state index contributed by atoms with van der Waals surface area (Å²) in [6, 6.07) is 5.05. The van der Waals surface area contributed by atoms with Crippen LogP contribution in [0.3, 0.4) is 0 Å². The van der Waals surface area contributed by atoms with E-state index in [-0.39, 0.29) is 5.82 Å². The highest BCUT2D eigenvalue weighted by Crippen LogP contribution is 2.29. The molecule has 1 heterocycles. The highest BCUT2D eigenvalue weighted by molar-refractivity contribution is 5.41. The molecule has 1 fully saturated rings. The second kappa shape index (κ2) is 6.60. The molecule has 2 N–H and O–H groups in total. The van der Waals surface area contributed by atoms with Gasteiger partial charge in [0.1, 0.15) is 5.82 Å². The lowest BCUT2D eigenvalue weighted by Gasteiger charge is -2.29. The first-order valence-corrected chi connectivity index (χ1v) is 6.40. The quantitative estimate of drug-likeness (QED) is 0.761. The largest absolute Gasteiger partial charge is 0.399 e. The fourth-order valence-corrected chi connectivity index (χ4v) is 2.19. The van der Waals surface area contributed by atoms with E-state index in [1.54, 1.807) is 6.07 Å². The molecule has 0 aliphatic carbocycles.